The Hall–Kier alpha value is -1.06. The second kappa shape index (κ2) is 3.56. The molecule has 0 aromatic heterocycles. The fourth-order valence-corrected chi connectivity index (χ4v) is 1.18. The topological polar surface area (TPSA) is 21.7 Å². The van der Waals surface area contributed by atoms with E-state index in [-0.39, 0.29) is 0 Å². The van der Waals surface area contributed by atoms with Gasteiger partial charge in [0.25, 0.3) is 0 Å². The molecule has 0 amide bonds. The molecule has 0 spiro atoms. The van der Waals surface area contributed by atoms with Gasteiger partial charge in [-0.2, -0.15) is 0 Å². The average molecular weight is 165 g/mol. The maximum Gasteiger partial charge on any atom is 0.151 e. The summed E-state index contributed by atoms with van der Waals surface area (Å²) in [7, 11) is 0. The minimum absolute atomic E-state index is 0.406. The van der Waals surface area contributed by atoms with E-state index < -0.39 is 0 Å². The maximum atomic E-state index is 5.14. The molecule has 0 bridgehead atoms. The summed E-state index contributed by atoms with van der Waals surface area (Å²) in [5.41, 5.74) is 1.14. The van der Waals surface area contributed by atoms with Gasteiger partial charge in [0.2, 0.25) is 0 Å². The number of para-hydroxylation sites is 1. The standard InChI is InChI=1S/C9H11NO2/c1-2-4-9(5-3-1)10-6-11-8-12-7-10/h1-5H,6-8H2. The van der Waals surface area contributed by atoms with E-state index >= 15 is 0 Å². The lowest BCUT2D eigenvalue weighted by Gasteiger charge is -2.28. The number of benzene rings is 1. The smallest absolute Gasteiger partial charge is 0.151 e. The summed E-state index contributed by atoms with van der Waals surface area (Å²) < 4.78 is 10.3. The summed E-state index contributed by atoms with van der Waals surface area (Å²) in [5, 5.41) is 0. The summed E-state index contributed by atoms with van der Waals surface area (Å²) in [5.74, 6) is 0. The summed E-state index contributed by atoms with van der Waals surface area (Å²) in [6.45, 7) is 1.64. The Kier molecular flexibility index (Phi) is 2.25. The molecule has 2 rings (SSSR count). The molecule has 12 heavy (non-hydrogen) atoms. The normalized spacial score (nSPS) is 17.8. The number of hydrogen-bond donors (Lipinski definition) is 0. The van der Waals surface area contributed by atoms with Crippen LogP contribution in [0.3, 0.4) is 0 Å². The first-order valence-corrected chi connectivity index (χ1v) is 3.92. The van der Waals surface area contributed by atoms with Crippen molar-refractivity contribution in [2.75, 3.05) is 25.2 Å². The van der Waals surface area contributed by atoms with Crippen molar-refractivity contribution in [3.05, 3.63) is 30.3 Å². The Balaban J connectivity index is 2.08. The van der Waals surface area contributed by atoms with Crippen molar-refractivity contribution in [1.82, 2.24) is 0 Å². The molecule has 1 aromatic carbocycles. The van der Waals surface area contributed by atoms with Crippen LogP contribution in [0.15, 0.2) is 30.3 Å². The fourth-order valence-electron chi connectivity index (χ4n) is 1.18. The van der Waals surface area contributed by atoms with Gasteiger partial charge in [0.1, 0.15) is 13.5 Å². The highest BCUT2D eigenvalue weighted by molar-refractivity contribution is 5.45. The molecule has 1 saturated heterocycles. The SMILES string of the molecule is c1ccc(N2COCOC2)cc1. The van der Waals surface area contributed by atoms with E-state index in [1.54, 1.807) is 0 Å². The molecule has 0 unspecified atom stereocenters. The predicted octanol–water partition coefficient (Wildman–Crippen LogP) is 1.41. The molecule has 1 aromatic rings. The minimum atomic E-state index is 0.406. The highest BCUT2D eigenvalue weighted by Gasteiger charge is 2.09. The predicted molar refractivity (Wildman–Crippen MR) is 45.7 cm³/mol. The zero-order valence-electron chi connectivity index (χ0n) is 6.77. The van der Waals surface area contributed by atoms with E-state index in [4.69, 9.17) is 9.47 Å². The van der Waals surface area contributed by atoms with E-state index in [0.717, 1.165) is 5.69 Å². The first kappa shape index (κ1) is 7.58. The lowest BCUT2D eigenvalue weighted by Crippen LogP contribution is -2.34. The number of ether oxygens (including phenoxy) is 2. The molecule has 64 valence electrons. The van der Waals surface area contributed by atoms with Gasteiger partial charge in [0.15, 0.2) is 6.79 Å². The van der Waals surface area contributed by atoms with Crippen molar-refractivity contribution in [2.24, 2.45) is 0 Å². The van der Waals surface area contributed by atoms with Gasteiger partial charge in [-0.25, -0.2) is 0 Å². The van der Waals surface area contributed by atoms with E-state index in [1.165, 1.54) is 0 Å². The van der Waals surface area contributed by atoms with Crippen LogP contribution in [0, 0.1) is 0 Å². The van der Waals surface area contributed by atoms with Crippen molar-refractivity contribution >= 4 is 5.69 Å². The van der Waals surface area contributed by atoms with Crippen LogP contribution in [0.1, 0.15) is 0 Å². The third-order valence-electron chi connectivity index (χ3n) is 1.78. The first-order chi connectivity index (χ1) is 5.97. The number of nitrogens with zero attached hydrogens (tertiary/aromatic N) is 1. The van der Waals surface area contributed by atoms with E-state index in [0.29, 0.717) is 20.3 Å². The molecule has 0 saturated carbocycles. The molecule has 1 aliphatic heterocycles. The molecule has 3 nitrogen and oxygen atoms in total. The zero-order valence-corrected chi connectivity index (χ0v) is 6.77. The number of hydrogen-bond acceptors (Lipinski definition) is 3. The van der Waals surface area contributed by atoms with Crippen molar-refractivity contribution in [1.29, 1.82) is 0 Å². The van der Waals surface area contributed by atoms with Crippen LogP contribution in [0.5, 0.6) is 0 Å². The maximum absolute atomic E-state index is 5.14. The van der Waals surface area contributed by atoms with E-state index in [1.807, 2.05) is 35.2 Å². The molecule has 0 aliphatic carbocycles. The number of anilines is 1. The Morgan fingerprint density at radius 2 is 1.67 bits per heavy atom. The summed E-state index contributed by atoms with van der Waals surface area (Å²) in [6.07, 6.45) is 0. The molecular formula is C9H11NO2. The third kappa shape index (κ3) is 1.57. The quantitative estimate of drug-likeness (QED) is 0.628. The second-order valence-corrected chi connectivity index (χ2v) is 2.66. The van der Waals surface area contributed by atoms with Crippen LogP contribution in [0.4, 0.5) is 5.69 Å². The molecule has 1 aliphatic rings. The molecule has 0 atom stereocenters. The van der Waals surface area contributed by atoms with Gasteiger partial charge in [0, 0.05) is 5.69 Å². The zero-order chi connectivity index (χ0) is 8.23. The van der Waals surface area contributed by atoms with Crippen LogP contribution in [0.2, 0.25) is 0 Å². The third-order valence-corrected chi connectivity index (χ3v) is 1.78. The van der Waals surface area contributed by atoms with Crippen molar-refractivity contribution in [3.63, 3.8) is 0 Å². The average Bonchev–Trinajstić information content (AvgIpc) is 2.21. The second-order valence-electron chi connectivity index (χ2n) is 2.66. The van der Waals surface area contributed by atoms with Gasteiger partial charge in [-0.3, -0.25) is 0 Å². The van der Waals surface area contributed by atoms with Gasteiger partial charge >= 0.3 is 0 Å². The fraction of sp³-hybridized carbons (Fsp3) is 0.333. The monoisotopic (exact) mass is 165 g/mol. The van der Waals surface area contributed by atoms with Crippen LogP contribution in [-0.2, 0) is 9.47 Å². The van der Waals surface area contributed by atoms with Gasteiger partial charge in [0.05, 0.1) is 0 Å². The van der Waals surface area contributed by atoms with Gasteiger partial charge in [-0.15, -0.1) is 0 Å². The molecule has 0 N–H and O–H groups in total. The molecule has 0 radical (unpaired) electrons. The minimum Gasteiger partial charge on any atom is -0.335 e. The van der Waals surface area contributed by atoms with E-state index in [9.17, 15) is 0 Å². The first-order valence-electron chi connectivity index (χ1n) is 3.92. The summed E-state index contributed by atoms with van der Waals surface area (Å²) in [4.78, 5) is 2.03. The lowest BCUT2D eigenvalue weighted by molar-refractivity contribution is -0.0942. The molecular weight excluding hydrogens is 154 g/mol. The Labute approximate surface area is 71.5 Å². The summed E-state index contributed by atoms with van der Waals surface area (Å²) >= 11 is 0. The van der Waals surface area contributed by atoms with Crippen LogP contribution < -0.4 is 4.90 Å². The van der Waals surface area contributed by atoms with Crippen molar-refractivity contribution in [2.45, 2.75) is 0 Å². The Morgan fingerprint density at radius 3 is 2.33 bits per heavy atom. The van der Waals surface area contributed by atoms with Crippen LogP contribution >= 0.6 is 0 Å². The van der Waals surface area contributed by atoms with Gasteiger partial charge < -0.3 is 14.4 Å². The summed E-state index contributed by atoms with van der Waals surface area (Å²) in [6, 6.07) is 10.1. The van der Waals surface area contributed by atoms with Gasteiger partial charge in [-0.1, -0.05) is 18.2 Å². The highest BCUT2D eigenvalue weighted by atomic mass is 16.7. The molecule has 3 heteroatoms. The van der Waals surface area contributed by atoms with E-state index in [2.05, 4.69) is 0 Å². The largest absolute Gasteiger partial charge is 0.335 e. The Bertz CT molecular complexity index is 232. The number of rotatable bonds is 1. The molecule has 1 fully saturated rings. The lowest BCUT2D eigenvalue weighted by atomic mass is 10.3. The van der Waals surface area contributed by atoms with Crippen LogP contribution in [0.25, 0.3) is 0 Å². The van der Waals surface area contributed by atoms with Crippen LogP contribution in [-0.4, -0.2) is 20.3 Å². The van der Waals surface area contributed by atoms with Gasteiger partial charge in [-0.05, 0) is 12.1 Å². The molecule has 1 heterocycles. The Morgan fingerprint density at radius 1 is 1.00 bits per heavy atom. The highest BCUT2D eigenvalue weighted by Crippen LogP contribution is 2.14. The van der Waals surface area contributed by atoms with Crippen molar-refractivity contribution in [3.8, 4) is 0 Å². The van der Waals surface area contributed by atoms with Crippen molar-refractivity contribution < 1.29 is 9.47 Å².